The van der Waals surface area contributed by atoms with Crippen molar-refractivity contribution in [1.82, 2.24) is 5.32 Å². The topological polar surface area (TPSA) is 64.3 Å². The summed E-state index contributed by atoms with van der Waals surface area (Å²) < 4.78 is 5.23. The molecule has 0 radical (unpaired) electrons. The molecule has 5 heteroatoms. The molecule has 1 fully saturated rings. The fourth-order valence-corrected chi connectivity index (χ4v) is 3.16. The second kappa shape index (κ2) is 8.39. The molecule has 1 aliphatic carbocycles. The average Bonchev–Trinajstić information content (AvgIpc) is 2.53. The van der Waals surface area contributed by atoms with E-state index in [0.717, 1.165) is 18.6 Å². The van der Waals surface area contributed by atoms with Gasteiger partial charge in [-0.3, -0.25) is 4.79 Å². The van der Waals surface area contributed by atoms with E-state index >= 15 is 0 Å². The second-order valence-corrected chi connectivity index (χ2v) is 6.08. The van der Waals surface area contributed by atoms with Crippen LogP contribution in [0.1, 0.15) is 44.6 Å². The van der Waals surface area contributed by atoms with Gasteiger partial charge in [0.1, 0.15) is 5.75 Å². The third-order valence-corrected chi connectivity index (χ3v) is 4.53. The largest absolute Gasteiger partial charge is 0.497 e. The molecule has 0 heterocycles. The fraction of sp³-hybridized carbons (Fsp3) is 0.588. The van der Waals surface area contributed by atoms with E-state index in [0.29, 0.717) is 6.54 Å². The van der Waals surface area contributed by atoms with Crippen LogP contribution in [0.2, 0.25) is 0 Å². The summed E-state index contributed by atoms with van der Waals surface area (Å²) in [6.07, 6.45) is 5.91. The first-order valence-corrected chi connectivity index (χ1v) is 7.75. The predicted molar refractivity (Wildman–Crippen MR) is 91.7 cm³/mol. The Kier molecular flexibility index (Phi) is 7.17. The lowest BCUT2D eigenvalue weighted by Gasteiger charge is -2.38. The van der Waals surface area contributed by atoms with Crippen molar-refractivity contribution in [3.05, 3.63) is 29.8 Å². The number of hydrogen-bond donors (Lipinski definition) is 2. The lowest BCUT2D eigenvalue weighted by atomic mass is 9.69. The van der Waals surface area contributed by atoms with Gasteiger partial charge < -0.3 is 15.8 Å². The number of hydrogen-bond acceptors (Lipinski definition) is 3. The highest BCUT2D eigenvalue weighted by atomic mass is 35.5. The number of halogens is 1. The third-order valence-electron chi connectivity index (χ3n) is 4.53. The van der Waals surface area contributed by atoms with Crippen LogP contribution < -0.4 is 15.8 Å². The molecule has 4 nitrogen and oxygen atoms in total. The van der Waals surface area contributed by atoms with Crippen LogP contribution in [-0.2, 0) is 10.2 Å². The summed E-state index contributed by atoms with van der Waals surface area (Å²) in [5.41, 5.74) is 6.96. The minimum Gasteiger partial charge on any atom is -0.497 e. The van der Waals surface area contributed by atoms with Crippen LogP contribution in [0.4, 0.5) is 0 Å². The van der Waals surface area contributed by atoms with Crippen molar-refractivity contribution in [2.75, 3.05) is 13.7 Å². The molecule has 0 unspecified atom stereocenters. The molecule has 0 aliphatic heterocycles. The molecular weight excluding hydrogens is 300 g/mol. The number of benzene rings is 1. The first-order chi connectivity index (χ1) is 10.1. The first-order valence-electron chi connectivity index (χ1n) is 7.75. The minimum atomic E-state index is -0.457. The molecular formula is C17H27ClN2O2. The third kappa shape index (κ3) is 4.37. The van der Waals surface area contributed by atoms with Crippen LogP contribution in [0.5, 0.6) is 5.75 Å². The quantitative estimate of drug-likeness (QED) is 0.874. The number of ether oxygens (including phenoxy) is 1. The van der Waals surface area contributed by atoms with E-state index in [2.05, 4.69) is 17.4 Å². The number of carbonyl (C=O) groups is 1. The van der Waals surface area contributed by atoms with Crippen LogP contribution >= 0.6 is 12.4 Å². The Balaban J connectivity index is 0.00000242. The molecule has 1 aromatic carbocycles. The van der Waals surface area contributed by atoms with Gasteiger partial charge >= 0.3 is 0 Å². The maximum Gasteiger partial charge on any atom is 0.236 e. The summed E-state index contributed by atoms with van der Waals surface area (Å²) in [6.45, 7) is 2.38. The zero-order valence-electron chi connectivity index (χ0n) is 13.4. The van der Waals surface area contributed by atoms with E-state index in [4.69, 9.17) is 10.5 Å². The molecule has 1 aromatic rings. The summed E-state index contributed by atoms with van der Waals surface area (Å²) in [7, 11) is 1.67. The molecule has 0 aromatic heterocycles. The summed E-state index contributed by atoms with van der Waals surface area (Å²) >= 11 is 0. The van der Waals surface area contributed by atoms with Crippen molar-refractivity contribution >= 4 is 18.3 Å². The predicted octanol–water partition coefficient (Wildman–Crippen LogP) is 2.78. The van der Waals surface area contributed by atoms with E-state index in [1.165, 1.54) is 24.8 Å². The Morgan fingerprint density at radius 2 is 1.86 bits per heavy atom. The Hall–Kier alpha value is -1.26. The molecule has 124 valence electrons. The van der Waals surface area contributed by atoms with Crippen LogP contribution in [0.25, 0.3) is 0 Å². The van der Waals surface area contributed by atoms with E-state index < -0.39 is 6.04 Å². The average molecular weight is 327 g/mol. The highest BCUT2D eigenvalue weighted by Crippen LogP contribution is 2.39. The number of rotatable bonds is 5. The molecule has 3 N–H and O–H groups in total. The second-order valence-electron chi connectivity index (χ2n) is 6.08. The van der Waals surface area contributed by atoms with Gasteiger partial charge in [-0.1, -0.05) is 31.4 Å². The fourth-order valence-electron chi connectivity index (χ4n) is 3.16. The van der Waals surface area contributed by atoms with Crippen LogP contribution in [0.3, 0.4) is 0 Å². The molecule has 2 rings (SSSR count). The summed E-state index contributed by atoms with van der Waals surface area (Å²) in [4.78, 5) is 11.8. The van der Waals surface area contributed by atoms with Crippen LogP contribution in [-0.4, -0.2) is 25.6 Å². The van der Waals surface area contributed by atoms with E-state index in [1.807, 2.05) is 12.1 Å². The van der Waals surface area contributed by atoms with Crippen molar-refractivity contribution in [2.45, 2.75) is 50.5 Å². The van der Waals surface area contributed by atoms with Gasteiger partial charge in [0.2, 0.25) is 5.91 Å². The van der Waals surface area contributed by atoms with Gasteiger partial charge in [-0.25, -0.2) is 0 Å². The van der Waals surface area contributed by atoms with Crippen molar-refractivity contribution in [3.8, 4) is 5.75 Å². The smallest absolute Gasteiger partial charge is 0.236 e. The number of nitrogens with two attached hydrogens (primary N) is 1. The van der Waals surface area contributed by atoms with E-state index in [9.17, 15) is 4.79 Å². The van der Waals surface area contributed by atoms with E-state index in [1.54, 1.807) is 14.0 Å². The van der Waals surface area contributed by atoms with Gasteiger partial charge in [0.25, 0.3) is 0 Å². The van der Waals surface area contributed by atoms with Gasteiger partial charge in [-0.15, -0.1) is 12.4 Å². The lowest BCUT2D eigenvalue weighted by Crippen LogP contribution is -2.46. The summed E-state index contributed by atoms with van der Waals surface area (Å²) in [5.74, 6) is 0.790. The number of nitrogens with one attached hydrogen (secondary N) is 1. The molecule has 0 spiro atoms. The molecule has 0 saturated heterocycles. The molecule has 1 atom stereocenters. The van der Waals surface area contributed by atoms with Crippen molar-refractivity contribution in [1.29, 1.82) is 0 Å². The standard InChI is InChI=1S/C17H26N2O2.ClH/c1-13(18)16(20)19-12-17(10-4-3-5-11-17)14-6-8-15(21-2)9-7-14;/h6-9,13H,3-5,10-12,18H2,1-2H3,(H,19,20);1H/t13-;/m1./s1. The highest BCUT2D eigenvalue weighted by molar-refractivity contribution is 5.85. The number of methoxy groups -OCH3 is 1. The van der Waals surface area contributed by atoms with Crippen LogP contribution in [0.15, 0.2) is 24.3 Å². The van der Waals surface area contributed by atoms with Gasteiger partial charge in [0, 0.05) is 12.0 Å². The molecule has 22 heavy (non-hydrogen) atoms. The SMILES string of the molecule is COc1ccc(C2(CNC(=O)[C@@H](C)N)CCCCC2)cc1.Cl. The lowest BCUT2D eigenvalue weighted by molar-refractivity contribution is -0.122. The highest BCUT2D eigenvalue weighted by Gasteiger charge is 2.34. The Morgan fingerprint density at radius 3 is 2.36 bits per heavy atom. The molecule has 1 aliphatic rings. The van der Waals surface area contributed by atoms with Gasteiger partial charge in [-0.05, 0) is 37.5 Å². The first kappa shape index (κ1) is 18.8. The van der Waals surface area contributed by atoms with Crippen molar-refractivity contribution in [2.24, 2.45) is 5.73 Å². The van der Waals surface area contributed by atoms with Gasteiger partial charge in [0.15, 0.2) is 0 Å². The normalized spacial score (nSPS) is 18.0. The maximum absolute atomic E-state index is 11.8. The zero-order chi connectivity index (χ0) is 15.3. The van der Waals surface area contributed by atoms with Crippen molar-refractivity contribution in [3.63, 3.8) is 0 Å². The van der Waals surface area contributed by atoms with E-state index in [-0.39, 0.29) is 23.7 Å². The Labute approximate surface area is 139 Å². The molecule has 1 saturated carbocycles. The number of carbonyl (C=O) groups excluding carboxylic acids is 1. The maximum atomic E-state index is 11.8. The van der Waals surface area contributed by atoms with Gasteiger partial charge in [0.05, 0.1) is 13.2 Å². The molecule has 0 bridgehead atoms. The van der Waals surface area contributed by atoms with Gasteiger partial charge in [-0.2, -0.15) is 0 Å². The number of amides is 1. The minimum absolute atomic E-state index is 0. The van der Waals surface area contributed by atoms with Crippen molar-refractivity contribution < 1.29 is 9.53 Å². The zero-order valence-corrected chi connectivity index (χ0v) is 14.2. The molecule has 1 amide bonds. The summed E-state index contributed by atoms with van der Waals surface area (Å²) in [5, 5.41) is 3.02. The van der Waals surface area contributed by atoms with Crippen LogP contribution in [0, 0.1) is 0 Å². The monoisotopic (exact) mass is 326 g/mol. The Morgan fingerprint density at radius 1 is 1.27 bits per heavy atom. The summed E-state index contributed by atoms with van der Waals surface area (Å²) in [6, 6.07) is 7.80. The Bertz CT molecular complexity index is 468.